The lowest BCUT2D eigenvalue weighted by molar-refractivity contribution is -0.121. The van der Waals surface area contributed by atoms with Crippen molar-refractivity contribution in [1.82, 2.24) is 4.90 Å². The van der Waals surface area contributed by atoms with Gasteiger partial charge in [-0.25, -0.2) is 0 Å². The molecule has 7 heteroatoms. The minimum atomic E-state index is -0.461. The van der Waals surface area contributed by atoms with Crippen LogP contribution < -0.4 is 10.1 Å². The first kappa shape index (κ1) is 15.4. The van der Waals surface area contributed by atoms with Crippen molar-refractivity contribution in [3.63, 3.8) is 0 Å². The van der Waals surface area contributed by atoms with Gasteiger partial charge in [0.15, 0.2) is 5.17 Å². The second kappa shape index (κ2) is 6.62. The fraction of sp³-hybridized carbons (Fsp3) is 0.357. The highest BCUT2D eigenvalue weighted by molar-refractivity contribution is 8.15. The third-order valence-corrected chi connectivity index (χ3v) is 4.18. The third kappa shape index (κ3) is 3.75. The van der Waals surface area contributed by atoms with E-state index < -0.39 is 5.25 Å². The lowest BCUT2D eigenvalue weighted by Gasteiger charge is -2.13. The largest absolute Gasteiger partial charge is 0.495 e. The van der Waals surface area contributed by atoms with Crippen LogP contribution in [0, 0.1) is 0 Å². The van der Waals surface area contributed by atoms with Gasteiger partial charge < -0.3 is 15.0 Å². The number of hydrogen-bond acceptors (Lipinski definition) is 5. The number of ether oxygens (including phenoxy) is 1. The number of methoxy groups -OCH3 is 1. The molecule has 1 N–H and O–H groups in total. The van der Waals surface area contributed by atoms with E-state index in [1.807, 2.05) is 20.2 Å². The van der Waals surface area contributed by atoms with Crippen molar-refractivity contribution >= 4 is 34.4 Å². The summed E-state index contributed by atoms with van der Waals surface area (Å²) in [6, 6.07) is 7.14. The van der Waals surface area contributed by atoms with Crippen LogP contribution in [-0.4, -0.2) is 48.3 Å². The van der Waals surface area contributed by atoms with E-state index >= 15 is 0 Å². The molecule has 1 aliphatic rings. The van der Waals surface area contributed by atoms with E-state index in [0.717, 1.165) is 0 Å². The number of para-hydroxylation sites is 2. The van der Waals surface area contributed by atoms with Crippen molar-refractivity contribution in [3.05, 3.63) is 24.3 Å². The van der Waals surface area contributed by atoms with E-state index in [0.29, 0.717) is 16.6 Å². The fourth-order valence-electron chi connectivity index (χ4n) is 1.82. The molecule has 0 spiro atoms. The number of carbonyl (C=O) groups excluding carboxylic acids is 2. The molecule has 0 radical (unpaired) electrons. The molecule has 112 valence electrons. The number of hydrogen-bond donors (Lipinski definition) is 1. The zero-order valence-corrected chi connectivity index (χ0v) is 12.9. The van der Waals surface area contributed by atoms with E-state index in [-0.39, 0.29) is 18.2 Å². The first-order chi connectivity index (χ1) is 10.0. The average Bonchev–Trinajstić information content (AvgIpc) is 2.81. The van der Waals surface area contributed by atoms with Gasteiger partial charge in [-0.1, -0.05) is 23.9 Å². The number of nitrogens with one attached hydrogen (secondary N) is 1. The molecule has 1 aliphatic heterocycles. The molecule has 1 atom stereocenters. The summed E-state index contributed by atoms with van der Waals surface area (Å²) in [6.45, 7) is 0. The van der Waals surface area contributed by atoms with Crippen LogP contribution in [0.4, 0.5) is 5.69 Å². The van der Waals surface area contributed by atoms with Gasteiger partial charge in [0.25, 0.3) is 5.91 Å². The molecule has 2 amide bonds. The van der Waals surface area contributed by atoms with Gasteiger partial charge in [-0.05, 0) is 12.1 Å². The SMILES string of the molecule is COc1ccccc1NC(=O)C[C@@H]1SC(N(C)C)=NC1=O. The van der Waals surface area contributed by atoms with Gasteiger partial charge in [0, 0.05) is 20.5 Å². The number of benzene rings is 1. The van der Waals surface area contributed by atoms with Crippen LogP contribution in [0.1, 0.15) is 6.42 Å². The van der Waals surface area contributed by atoms with Crippen LogP contribution in [-0.2, 0) is 9.59 Å². The van der Waals surface area contributed by atoms with Gasteiger partial charge >= 0.3 is 0 Å². The maximum atomic E-state index is 12.1. The number of anilines is 1. The zero-order chi connectivity index (χ0) is 15.4. The van der Waals surface area contributed by atoms with Crippen LogP contribution in [0.15, 0.2) is 29.3 Å². The minimum absolute atomic E-state index is 0.0857. The Morgan fingerprint density at radius 3 is 2.76 bits per heavy atom. The minimum Gasteiger partial charge on any atom is -0.495 e. The van der Waals surface area contributed by atoms with Crippen LogP contribution in [0.2, 0.25) is 0 Å². The Morgan fingerprint density at radius 2 is 2.14 bits per heavy atom. The summed E-state index contributed by atoms with van der Waals surface area (Å²) in [4.78, 5) is 29.5. The van der Waals surface area contributed by atoms with E-state index in [1.165, 1.54) is 11.8 Å². The molecular weight excluding hydrogens is 290 g/mol. The summed E-state index contributed by atoms with van der Waals surface area (Å²) in [7, 11) is 5.17. The average molecular weight is 307 g/mol. The smallest absolute Gasteiger partial charge is 0.262 e. The Labute approximate surface area is 127 Å². The molecule has 1 aromatic rings. The van der Waals surface area contributed by atoms with Crippen molar-refractivity contribution in [2.75, 3.05) is 26.5 Å². The number of amides is 2. The quantitative estimate of drug-likeness (QED) is 0.914. The Hall–Kier alpha value is -2.02. The molecule has 21 heavy (non-hydrogen) atoms. The van der Waals surface area contributed by atoms with Crippen molar-refractivity contribution in [2.45, 2.75) is 11.7 Å². The summed E-state index contributed by atoms with van der Waals surface area (Å²) < 4.78 is 5.17. The molecule has 0 saturated carbocycles. The zero-order valence-electron chi connectivity index (χ0n) is 12.1. The molecule has 1 heterocycles. The Morgan fingerprint density at radius 1 is 1.43 bits per heavy atom. The third-order valence-electron chi connectivity index (χ3n) is 2.86. The maximum absolute atomic E-state index is 12.1. The number of rotatable bonds is 4. The molecule has 0 saturated heterocycles. The fourth-order valence-corrected chi connectivity index (χ4v) is 2.82. The molecule has 0 unspecified atom stereocenters. The van der Waals surface area contributed by atoms with E-state index in [1.54, 1.807) is 30.2 Å². The summed E-state index contributed by atoms with van der Waals surface area (Å²) in [5, 5.41) is 2.93. The van der Waals surface area contributed by atoms with Crippen LogP contribution >= 0.6 is 11.8 Å². The summed E-state index contributed by atoms with van der Waals surface area (Å²) in [5.74, 6) is 0.0842. The molecule has 1 aromatic carbocycles. The van der Waals surface area contributed by atoms with E-state index in [4.69, 9.17) is 4.74 Å². The van der Waals surface area contributed by atoms with Gasteiger partial charge in [0.05, 0.1) is 12.8 Å². The standard InChI is InChI=1S/C14H17N3O3S/c1-17(2)14-16-13(19)11(21-14)8-12(18)15-9-6-4-5-7-10(9)20-3/h4-7,11H,8H2,1-3H3,(H,15,18)/t11-/m0/s1. The normalized spacial score (nSPS) is 17.4. The van der Waals surface area contributed by atoms with Gasteiger partial charge in [-0.3, -0.25) is 9.59 Å². The highest BCUT2D eigenvalue weighted by atomic mass is 32.2. The molecule has 0 aromatic heterocycles. The molecule has 0 bridgehead atoms. The maximum Gasteiger partial charge on any atom is 0.262 e. The van der Waals surface area contributed by atoms with Crippen LogP contribution in [0.25, 0.3) is 0 Å². The Bertz CT molecular complexity index is 587. The highest BCUT2D eigenvalue weighted by Gasteiger charge is 2.31. The second-order valence-corrected chi connectivity index (χ2v) is 5.86. The lowest BCUT2D eigenvalue weighted by Crippen LogP contribution is -2.22. The lowest BCUT2D eigenvalue weighted by atomic mass is 10.2. The number of aliphatic imine (C=N–C) groups is 1. The van der Waals surface area contributed by atoms with Crippen molar-refractivity contribution in [3.8, 4) is 5.75 Å². The molecular formula is C14H17N3O3S. The number of nitrogens with zero attached hydrogens (tertiary/aromatic N) is 2. The predicted molar refractivity (Wildman–Crippen MR) is 83.7 cm³/mol. The van der Waals surface area contributed by atoms with Crippen LogP contribution in [0.3, 0.4) is 0 Å². The summed E-state index contributed by atoms with van der Waals surface area (Å²) in [6.07, 6.45) is 0.0857. The Kier molecular flexibility index (Phi) is 4.85. The summed E-state index contributed by atoms with van der Waals surface area (Å²) >= 11 is 1.31. The second-order valence-electron chi connectivity index (χ2n) is 4.69. The molecule has 0 fully saturated rings. The van der Waals surface area contributed by atoms with Crippen molar-refractivity contribution in [2.24, 2.45) is 4.99 Å². The molecule has 2 rings (SSSR count). The Balaban J connectivity index is 1.96. The first-order valence-electron chi connectivity index (χ1n) is 6.40. The number of amidine groups is 1. The summed E-state index contributed by atoms with van der Waals surface area (Å²) in [5.41, 5.74) is 0.592. The molecule has 0 aliphatic carbocycles. The predicted octanol–water partition coefficient (Wildman–Crippen LogP) is 1.58. The van der Waals surface area contributed by atoms with Gasteiger partial charge in [0.1, 0.15) is 11.0 Å². The first-order valence-corrected chi connectivity index (χ1v) is 7.28. The van der Waals surface area contributed by atoms with E-state index in [9.17, 15) is 9.59 Å². The number of carbonyl (C=O) groups is 2. The highest BCUT2D eigenvalue weighted by Crippen LogP contribution is 2.28. The van der Waals surface area contributed by atoms with E-state index in [2.05, 4.69) is 10.3 Å². The van der Waals surface area contributed by atoms with Gasteiger partial charge in [-0.15, -0.1) is 0 Å². The van der Waals surface area contributed by atoms with Crippen molar-refractivity contribution in [1.29, 1.82) is 0 Å². The van der Waals surface area contributed by atoms with Gasteiger partial charge in [-0.2, -0.15) is 4.99 Å². The monoisotopic (exact) mass is 307 g/mol. The van der Waals surface area contributed by atoms with Crippen LogP contribution in [0.5, 0.6) is 5.75 Å². The van der Waals surface area contributed by atoms with Gasteiger partial charge in [0.2, 0.25) is 5.91 Å². The topological polar surface area (TPSA) is 71.0 Å². The molecule has 6 nitrogen and oxygen atoms in total. The number of thioether (sulfide) groups is 1. The van der Waals surface area contributed by atoms with Crippen molar-refractivity contribution < 1.29 is 14.3 Å².